The van der Waals surface area contributed by atoms with E-state index in [0.717, 1.165) is 23.6 Å². The normalized spacial score (nSPS) is 15.9. The molecule has 2 nitrogen and oxygen atoms in total. The van der Waals surface area contributed by atoms with Gasteiger partial charge in [0.25, 0.3) is 0 Å². The van der Waals surface area contributed by atoms with Crippen molar-refractivity contribution in [1.29, 1.82) is 0 Å². The summed E-state index contributed by atoms with van der Waals surface area (Å²) in [5.74, 6) is 0. The van der Waals surface area contributed by atoms with Gasteiger partial charge in [0.05, 0.1) is 0 Å². The summed E-state index contributed by atoms with van der Waals surface area (Å²) < 4.78 is 0. The van der Waals surface area contributed by atoms with Crippen LogP contribution in [0.4, 0.5) is 0 Å². The quantitative estimate of drug-likeness (QED) is 0.803. The molecule has 0 unspecified atom stereocenters. The molecule has 0 aliphatic heterocycles. The van der Waals surface area contributed by atoms with E-state index in [1.54, 1.807) is 6.07 Å². The van der Waals surface area contributed by atoms with Gasteiger partial charge >= 0.3 is 0 Å². The van der Waals surface area contributed by atoms with Crippen LogP contribution in [0.15, 0.2) is 18.2 Å². The van der Waals surface area contributed by atoms with E-state index in [0.29, 0.717) is 16.1 Å². The van der Waals surface area contributed by atoms with Crippen LogP contribution in [0.25, 0.3) is 0 Å². The van der Waals surface area contributed by atoms with Crippen LogP contribution in [0.5, 0.6) is 0 Å². The fourth-order valence-electron chi connectivity index (χ4n) is 2.52. The summed E-state index contributed by atoms with van der Waals surface area (Å²) in [5, 5.41) is 8.78. The van der Waals surface area contributed by atoms with E-state index >= 15 is 0 Å². The van der Waals surface area contributed by atoms with Gasteiger partial charge in [-0.15, -0.1) is 0 Å². The van der Waals surface area contributed by atoms with Gasteiger partial charge in [-0.2, -0.15) is 0 Å². The zero-order valence-electron chi connectivity index (χ0n) is 11.4. The predicted octanol–water partition coefficient (Wildman–Crippen LogP) is 4.33. The van der Waals surface area contributed by atoms with Crippen LogP contribution in [0.1, 0.15) is 37.7 Å². The van der Waals surface area contributed by atoms with Crippen molar-refractivity contribution < 1.29 is 0 Å². The third-order valence-electron chi connectivity index (χ3n) is 3.64. The summed E-state index contributed by atoms with van der Waals surface area (Å²) in [7, 11) is 0. The second-order valence-electron chi connectivity index (χ2n) is 5.22. The van der Waals surface area contributed by atoms with Crippen molar-refractivity contribution in [3.8, 4) is 0 Å². The molecule has 2 N–H and O–H groups in total. The van der Waals surface area contributed by atoms with Crippen molar-refractivity contribution in [1.82, 2.24) is 10.6 Å². The largest absolute Gasteiger partial charge is 0.362 e. The maximum Gasteiger partial charge on any atom is 0.166 e. The van der Waals surface area contributed by atoms with Crippen LogP contribution in [-0.2, 0) is 6.42 Å². The SMILES string of the molecule is S=C(NCCc1ccc(Cl)cc1Cl)NC1CCCCC1. The Kier molecular flexibility index (Phi) is 6.40. The van der Waals surface area contributed by atoms with Crippen LogP contribution < -0.4 is 10.6 Å². The van der Waals surface area contributed by atoms with E-state index in [-0.39, 0.29) is 0 Å². The second-order valence-corrected chi connectivity index (χ2v) is 6.47. The molecule has 0 aromatic heterocycles. The van der Waals surface area contributed by atoms with Crippen LogP contribution in [0, 0.1) is 0 Å². The second kappa shape index (κ2) is 8.06. The van der Waals surface area contributed by atoms with Crippen molar-refractivity contribution in [3.63, 3.8) is 0 Å². The standard InChI is InChI=1S/C15H20Cl2N2S/c16-12-7-6-11(14(17)10-12)8-9-18-15(20)19-13-4-2-1-3-5-13/h6-7,10,13H,1-5,8-9H2,(H2,18,19,20). The molecule has 1 fully saturated rings. The average Bonchev–Trinajstić information content (AvgIpc) is 2.42. The molecule has 1 aliphatic rings. The number of benzene rings is 1. The fourth-order valence-corrected chi connectivity index (χ4v) is 3.29. The lowest BCUT2D eigenvalue weighted by molar-refractivity contribution is 0.412. The zero-order chi connectivity index (χ0) is 14.4. The predicted molar refractivity (Wildman–Crippen MR) is 90.8 cm³/mol. The van der Waals surface area contributed by atoms with Crippen molar-refractivity contribution >= 4 is 40.5 Å². The summed E-state index contributed by atoms with van der Waals surface area (Å²) in [6.45, 7) is 0.778. The highest BCUT2D eigenvalue weighted by Gasteiger charge is 2.13. The first-order valence-electron chi connectivity index (χ1n) is 7.13. The summed E-state index contributed by atoms with van der Waals surface area (Å²) in [6, 6.07) is 6.14. The molecule has 1 aromatic carbocycles. The van der Waals surface area contributed by atoms with Crippen molar-refractivity contribution in [3.05, 3.63) is 33.8 Å². The van der Waals surface area contributed by atoms with E-state index in [1.807, 2.05) is 12.1 Å². The molecule has 0 radical (unpaired) electrons. The summed E-state index contributed by atoms with van der Waals surface area (Å²) in [4.78, 5) is 0. The molecule has 0 bridgehead atoms. The fraction of sp³-hybridized carbons (Fsp3) is 0.533. The molecular weight excluding hydrogens is 311 g/mol. The number of halogens is 2. The highest BCUT2D eigenvalue weighted by Crippen LogP contribution is 2.21. The molecule has 1 saturated carbocycles. The molecule has 0 heterocycles. The number of nitrogens with one attached hydrogen (secondary N) is 2. The lowest BCUT2D eigenvalue weighted by Gasteiger charge is -2.24. The maximum absolute atomic E-state index is 6.14. The van der Waals surface area contributed by atoms with Gasteiger partial charge in [-0.1, -0.05) is 48.5 Å². The molecule has 1 aromatic rings. The molecule has 2 rings (SSSR count). The molecule has 110 valence electrons. The van der Waals surface area contributed by atoms with Crippen molar-refractivity contribution in [2.24, 2.45) is 0 Å². The van der Waals surface area contributed by atoms with Gasteiger partial charge < -0.3 is 10.6 Å². The maximum atomic E-state index is 6.14. The van der Waals surface area contributed by atoms with Crippen LogP contribution in [0.2, 0.25) is 10.0 Å². The van der Waals surface area contributed by atoms with Crippen LogP contribution in [-0.4, -0.2) is 17.7 Å². The molecule has 0 amide bonds. The molecule has 5 heteroatoms. The van der Waals surface area contributed by atoms with E-state index in [2.05, 4.69) is 10.6 Å². The Balaban J connectivity index is 1.70. The van der Waals surface area contributed by atoms with E-state index in [9.17, 15) is 0 Å². The van der Waals surface area contributed by atoms with Gasteiger partial charge in [0.2, 0.25) is 0 Å². The minimum Gasteiger partial charge on any atom is -0.362 e. The summed E-state index contributed by atoms with van der Waals surface area (Å²) >= 11 is 17.3. The smallest absolute Gasteiger partial charge is 0.166 e. The third kappa shape index (κ3) is 5.12. The van der Waals surface area contributed by atoms with E-state index < -0.39 is 0 Å². The summed E-state index contributed by atoms with van der Waals surface area (Å²) in [5.41, 5.74) is 1.09. The molecular formula is C15H20Cl2N2S. The Labute approximate surface area is 136 Å². The minimum atomic E-state index is 0.544. The molecule has 0 atom stereocenters. The van der Waals surface area contributed by atoms with Crippen molar-refractivity contribution in [2.45, 2.75) is 44.6 Å². The molecule has 0 saturated heterocycles. The highest BCUT2D eigenvalue weighted by atomic mass is 35.5. The average molecular weight is 331 g/mol. The first-order valence-corrected chi connectivity index (χ1v) is 8.30. The van der Waals surface area contributed by atoms with Gasteiger partial charge in [-0.25, -0.2) is 0 Å². The van der Waals surface area contributed by atoms with Crippen LogP contribution in [0.3, 0.4) is 0 Å². The molecule has 20 heavy (non-hydrogen) atoms. The number of hydrogen-bond acceptors (Lipinski definition) is 1. The van der Waals surface area contributed by atoms with Gasteiger partial charge in [0.1, 0.15) is 0 Å². The third-order valence-corrected chi connectivity index (χ3v) is 4.48. The first-order chi connectivity index (χ1) is 9.65. The lowest BCUT2D eigenvalue weighted by Crippen LogP contribution is -2.43. The first kappa shape index (κ1) is 15.9. The van der Waals surface area contributed by atoms with Gasteiger partial charge in [0, 0.05) is 22.6 Å². The summed E-state index contributed by atoms with van der Waals surface area (Å²) in [6.07, 6.45) is 7.26. The zero-order valence-corrected chi connectivity index (χ0v) is 13.8. The molecule has 1 aliphatic carbocycles. The van der Waals surface area contributed by atoms with Crippen LogP contribution >= 0.6 is 35.4 Å². The number of thiocarbonyl (C=S) groups is 1. The minimum absolute atomic E-state index is 0.544. The van der Waals surface area contributed by atoms with Gasteiger partial charge in [-0.05, 0) is 49.2 Å². The Bertz CT molecular complexity index is 459. The monoisotopic (exact) mass is 330 g/mol. The molecule has 0 spiro atoms. The Morgan fingerprint density at radius 3 is 2.65 bits per heavy atom. The highest BCUT2D eigenvalue weighted by molar-refractivity contribution is 7.80. The number of hydrogen-bond donors (Lipinski definition) is 2. The van der Waals surface area contributed by atoms with E-state index in [4.69, 9.17) is 35.4 Å². The Hall–Kier alpha value is -0.510. The lowest BCUT2D eigenvalue weighted by atomic mass is 9.96. The van der Waals surface area contributed by atoms with Crippen molar-refractivity contribution in [2.75, 3.05) is 6.54 Å². The topological polar surface area (TPSA) is 24.1 Å². The van der Waals surface area contributed by atoms with E-state index in [1.165, 1.54) is 32.1 Å². The Morgan fingerprint density at radius 1 is 1.20 bits per heavy atom. The van der Waals surface area contributed by atoms with Gasteiger partial charge in [-0.3, -0.25) is 0 Å². The number of rotatable bonds is 4. The van der Waals surface area contributed by atoms with Gasteiger partial charge in [0.15, 0.2) is 5.11 Å². The Morgan fingerprint density at radius 2 is 1.95 bits per heavy atom.